The van der Waals surface area contributed by atoms with E-state index in [9.17, 15) is 10.2 Å². The zero-order valence-corrected chi connectivity index (χ0v) is 10.2. The van der Waals surface area contributed by atoms with Crippen LogP contribution in [0.4, 0.5) is 0 Å². The topological polar surface area (TPSA) is 57.8 Å². The Morgan fingerprint density at radius 2 is 2.38 bits per heavy atom. The first-order valence-electron chi connectivity index (χ1n) is 5.34. The fourth-order valence-electron chi connectivity index (χ4n) is 1.53. The van der Waals surface area contributed by atoms with Gasteiger partial charge in [-0.15, -0.1) is 11.3 Å². The van der Waals surface area contributed by atoms with Crippen molar-refractivity contribution in [2.24, 2.45) is 0 Å². The molecule has 0 aliphatic heterocycles. The number of rotatable bonds is 4. The average Bonchev–Trinajstić information content (AvgIpc) is 2.77. The quantitative estimate of drug-likeness (QED) is 0.850. The summed E-state index contributed by atoms with van der Waals surface area (Å²) in [6.45, 7) is 3.51. The summed E-state index contributed by atoms with van der Waals surface area (Å²) in [4.78, 5) is 5.29. The molecular weight excluding hydrogens is 224 g/mol. The molecular formula is C11H16N2O2S. The van der Waals surface area contributed by atoms with Crippen LogP contribution in [0.2, 0.25) is 0 Å². The lowest BCUT2D eigenvalue weighted by atomic mass is 9.93. The van der Waals surface area contributed by atoms with Gasteiger partial charge < -0.3 is 10.2 Å². The Morgan fingerprint density at radius 1 is 1.62 bits per heavy atom. The van der Waals surface area contributed by atoms with Crippen LogP contribution in [-0.2, 0) is 6.42 Å². The van der Waals surface area contributed by atoms with Crippen molar-refractivity contribution in [3.63, 3.8) is 0 Å². The second-order valence-corrected chi connectivity index (χ2v) is 5.13. The highest BCUT2D eigenvalue weighted by atomic mass is 32.1. The van der Waals surface area contributed by atoms with Gasteiger partial charge in [-0.1, -0.05) is 6.92 Å². The van der Waals surface area contributed by atoms with E-state index in [4.69, 9.17) is 0 Å². The number of thiazole rings is 1. The van der Waals surface area contributed by atoms with E-state index in [1.54, 1.807) is 18.3 Å². The van der Waals surface area contributed by atoms with Crippen molar-refractivity contribution in [3.8, 4) is 0 Å². The van der Waals surface area contributed by atoms with Gasteiger partial charge in [0.1, 0.15) is 0 Å². The Morgan fingerprint density at radius 3 is 3.00 bits per heavy atom. The average molecular weight is 240 g/mol. The Hall–Kier alpha value is -0.910. The first kappa shape index (κ1) is 11.6. The molecule has 0 aliphatic carbocycles. The van der Waals surface area contributed by atoms with E-state index in [0.29, 0.717) is 12.8 Å². The standard InChI is InChI=1S/C11H16N2O2S/c1-3-11(2,15)9(14)6-8-7-13-4-5-16-10(13)12-8/h4-5,7,9,14-15H,3,6H2,1-2H3. The van der Waals surface area contributed by atoms with E-state index in [1.165, 1.54) is 0 Å². The maximum absolute atomic E-state index is 9.90. The third-order valence-electron chi connectivity index (χ3n) is 2.98. The third kappa shape index (κ3) is 2.11. The molecule has 2 aromatic heterocycles. The van der Waals surface area contributed by atoms with Crippen molar-refractivity contribution in [1.29, 1.82) is 0 Å². The molecule has 5 heteroatoms. The van der Waals surface area contributed by atoms with Crippen LogP contribution in [0.1, 0.15) is 26.0 Å². The predicted molar refractivity (Wildman–Crippen MR) is 63.7 cm³/mol. The van der Waals surface area contributed by atoms with Crippen molar-refractivity contribution in [2.45, 2.75) is 38.4 Å². The molecule has 0 aromatic carbocycles. The molecule has 2 unspecified atom stereocenters. The van der Waals surface area contributed by atoms with Gasteiger partial charge in [0.05, 0.1) is 17.4 Å². The molecule has 16 heavy (non-hydrogen) atoms. The van der Waals surface area contributed by atoms with Gasteiger partial charge in [0.25, 0.3) is 0 Å². The molecule has 2 N–H and O–H groups in total. The second-order valence-electron chi connectivity index (χ2n) is 4.26. The molecule has 0 saturated heterocycles. The minimum absolute atomic E-state index is 0.384. The van der Waals surface area contributed by atoms with Crippen LogP contribution < -0.4 is 0 Å². The maximum atomic E-state index is 9.90. The summed E-state index contributed by atoms with van der Waals surface area (Å²) in [5.41, 5.74) is -0.232. The summed E-state index contributed by atoms with van der Waals surface area (Å²) < 4.78 is 1.92. The van der Waals surface area contributed by atoms with Gasteiger partial charge in [0.15, 0.2) is 4.96 Å². The number of aromatic nitrogens is 2. The molecule has 0 saturated carbocycles. The van der Waals surface area contributed by atoms with E-state index < -0.39 is 11.7 Å². The van der Waals surface area contributed by atoms with Crippen molar-refractivity contribution in [2.75, 3.05) is 0 Å². The van der Waals surface area contributed by atoms with E-state index in [-0.39, 0.29) is 0 Å². The van der Waals surface area contributed by atoms with Crippen molar-refractivity contribution >= 4 is 16.3 Å². The van der Waals surface area contributed by atoms with E-state index in [0.717, 1.165) is 10.7 Å². The van der Waals surface area contributed by atoms with E-state index in [1.807, 2.05) is 29.1 Å². The first-order valence-corrected chi connectivity index (χ1v) is 6.22. The Bertz CT molecular complexity index is 446. The van der Waals surface area contributed by atoms with Gasteiger partial charge >= 0.3 is 0 Å². The minimum atomic E-state index is -1.04. The van der Waals surface area contributed by atoms with Crippen LogP contribution >= 0.6 is 11.3 Å². The summed E-state index contributed by atoms with van der Waals surface area (Å²) in [6, 6.07) is 0. The molecule has 0 aliphatic rings. The largest absolute Gasteiger partial charge is 0.390 e. The number of fused-ring (bicyclic) bond motifs is 1. The lowest BCUT2D eigenvalue weighted by Crippen LogP contribution is -2.40. The van der Waals surface area contributed by atoms with Gasteiger partial charge in [0.2, 0.25) is 0 Å². The molecule has 2 heterocycles. The maximum Gasteiger partial charge on any atom is 0.193 e. The van der Waals surface area contributed by atoms with Gasteiger partial charge in [0, 0.05) is 24.2 Å². The highest BCUT2D eigenvalue weighted by Gasteiger charge is 2.28. The number of hydrogen-bond acceptors (Lipinski definition) is 4. The number of aliphatic hydroxyl groups is 2. The monoisotopic (exact) mass is 240 g/mol. The number of hydrogen-bond donors (Lipinski definition) is 2. The predicted octanol–water partition coefficient (Wildman–Crippen LogP) is 1.46. The fourth-order valence-corrected chi connectivity index (χ4v) is 2.25. The summed E-state index contributed by atoms with van der Waals surface area (Å²) in [5, 5.41) is 21.8. The zero-order valence-electron chi connectivity index (χ0n) is 9.42. The Balaban J connectivity index is 2.13. The van der Waals surface area contributed by atoms with Crippen LogP contribution in [-0.4, -0.2) is 31.3 Å². The smallest absolute Gasteiger partial charge is 0.193 e. The van der Waals surface area contributed by atoms with Crippen LogP contribution in [0.5, 0.6) is 0 Å². The Kier molecular flexibility index (Phi) is 3.01. The van der Waals surface area contributed by atoms with Crippen molar-refractivity contribution < 1.29 is 10.2 Å². The molecule has 4 nitrogen and oxygen atoms in total. The highest BCUT2D eigenvalue weighted by molar-refractivity contribution is 7.15. The second kappa shape index (κ2) is 4.16. The number of imidazole rings is 1. The van der Waals surface area contributed by atoms with Gasteiger partial charge in [-0.25, -0.2) is 4.98 Å². The van der Waals surface area contributed by atoms with Gasteiger partial charge in [-0.2, -0.15) is 0 Å². The number of nitrogens with zero attached hydrogens (tertiary/aromatic N) is 2. The normalized spacial score (nSPS) is 17.5. The molecule has 0 amide bonds. The van der Waals surface area contributed by atoms with Crippen LogP contribution in [0.25, 0.3) is 4.96 Å². The summed E-state index contributed by atoms with van der Waals surface area (Å²) in [6.07, 6.45) is 3.95. The number of aliphatic hydroxyl groups excluding tert-OH is 1. The summed E-state index contributed by atoms with van der Waals surface area (Å²) in [5.74, 6) is 0. The Labute approximate surface area is 98.2 Å². The summed E-state index contributed by atoms with van der Waals surface area (Å²) in [7, 11) is 0. The third-order valence-corrected chi connectivity index (χ3v) is 3.75. The van der Waals surface area contributed by atoms with Crippen molar-refractivity contribution in [3.05, 3.63) is 23.5 Å². The first-order chi connectivity index (χ1) is 7.53. The molecule has 88 valence electrons. The van der Waals surface area contributed by atoms with Crippen molar-refractivity contribution in [1.82, 2.24) is 9.38 Å². The van der Waals surface area contributed by atoms with E-state index >= 15 is 0 Å². The lowest BCUT2D eigenvalue weighted by Gasteiger charge is -2.27. The fraction of sp³-hybridized carbons (Fsp3) is 0.545. The molecule has 2 rings (SSSR count). The molecule has 2 aromatic rings. The van der Waals surface area contributed by atoms with Crippen LogP contribution in [0.3, 0.4) is 0 Å². The summed E-state index contributed by atoms with van der Waals surface area (Å²) >= 11 is 1.56. The minimum Gasteiger partial charge on any atom is -0.390 e. The molecule has 0 radical (unpaired) electrons. The molecule has 0 spiro atoms. The molecule has 0 bridgehead atoms. The SMILES string of the molecule is CCC(C)(O)C(O)Cc1cn2ccsc2n1. The lowest BCUT2D eigenvalue weighted by molar-refractivity contribution is -0.0632. The van der Waals surface area contributed by atoms with Crippen LogP contribution in [0.15, 0.2) is 17.8 Å². The van der Waals surface area contributed by atoms with Crippen LogP contribution in [0, 0.1) is 0 Å². The molecule has 0 fully saturated rings. The van der Waals surface area contributed by atoms with Gasteiger partial charge in [-0.3, -0.25) is 4.40 Å². The van der Waals surface area contributed by atoms with Gasteiger partial charge in [-0.05, 0) is 13.3 Å². The zero-order chi connectivity index (χ0) is 11.8. The highest BCUT2D eigenvalue weighted by Crippen LogP contribution is 2.19. The molecule has 2 atom stereocenters. The van der Waals surface area contributed by atoms with E-state index in [2.05, 4.69) is 4.98 Å².